The van der Waals surface area contributed by atoms with Gasteiger partial charge >= 0.3 is 0 Å². The molecule has 0 aliphatic rings. The number of hydrogen-bond acceptors (Lipinski definition) is 5. The number of aromatic nitrogens is 1. The monoisotopic (exact) mass is 384 g/mol. The molecule has 0 aliphatic heterocycles. The molecular weight excluding hydrogens is 364 g/mol. The zero-order valence-electron chi connectivity index (χ0n) is 15.9. The Labute approximate surface area is 168 Å². The van der Waals surface area contributed by atoms with E-state index in [4.69, 9.17) is 9.26 Å². The summed E-state index contributed by atoms with van der Waals surface area (Å²) in [5.74, 6) is 0.535. The van der Waals surface area contributed by atoms with Gasteiger partial charge in [0.05, 0.1) is 12.7 Å². The van der Waals surface area contributed by atoms with E-state index in [-0.39, 0.29) is 5.78 Å². The number of Topliss-reactive ketones (excluding diaryl/α,β-unsaturated/α-hetero) is 1. The van der Waals surface area contributed by atoms with Gasteiger partial charge in [-0.05, 0) is 23.3 Å². The molecule has 1 heterocycles. The lowest BCUT2D eigenvalue weighted by atomic mass is 9.96. The van der Waals surface area contributed by atoms with Crippen LogP contribution in [0.4, 0.5) is 5.69 Å². The van der Waals surface area contributed by atoms with Gasteiger partial charge in [0.25, 0.3) is 0 Å². The Kier molecular flexibility index (Phi) is 5.38. The Balaban J connectivity index is 1.72. The van der Waals surface area contributed by atoms with E-state index in [1.54, 1.807) is 7.11 Å². The summed E-state index contributed by atoms with van der Waals surface area (Å²) < 4.78 is 10.5. The van der Waals surface area contributed by atoms with E-state index in [1.165, 1.54) is 6.26 Å². The molecule has 3 aromatic carbocycles. The second-order valence-electron chi connectivity index (χ2n) is 6.53. The predicted octanol–water partition coefficient (Wildman–Crippen LogP) is 5.39. The standard InChI is InChI=1S/C24H20N2O3/c1-28-20-14-8-13-19(15-20)25-22(18-11-6-3-7-12-18)24(27)23-21(16-29-26-23)17-9-4-2-5-10-17/h2-16,22,25H,1H3. The Morgan fingerprint density at radius 2 is 1.69 bits per heavy atom. The third-order valence-corrected chi connectivity index (χ3v) is 4.66. The molecule has 0 spiro atoms. The van der Waals surface area contributed by atoms with Crippen molar-refractivity contribution in [2.45, 2.75) is 6.04 Å². The van der Waals surface area contributed by atoms with E-state index in [9.17, 15) is 4.79 Å². The quantitative estimate of drug-likeness (QED) is 0.433. The SMILES string of the molecule is COc1cccc(NC(C(=O)c2nocc2-c2ccccc2)c2ccccc2)c1. The molecule has 0 amide bonds. The van der Waals surface area contributed by atoms with Crippen LogP contribution in [0.15, 0.2) is 95.7 Å². The van der Waals surface area contributed by atoms with Gasteiger partial charge < -0.3 is 14.6 Å². The van der Waals surface area contributed by atoms with E-state index in [2.05, 4.69) is 10.5 Å². The lowest BCUT2D eigenvalue weighted by molar-refractivity contribution is 0.0961. The van der Waals surface area contributed by atoms with E-state index >= 15 is 0 Å². The maximum absolute atomic E-state index is 13.5. The molecule has 0 saturated carbocycles. The highest BCUT2D eigenvalue weighted by Crippen LogP contribution is 2.30. The number of anilines is 1. The van der Waals surface area contributed by atoms with Crippen LogP contribution in [0, 0.1) is 0 Å². The van der Waals surface area contributed by atoms with Gasteiger partial charge in [0.1, 0.15) is 18.1 Å². The minimum atomic E-state index is -0.629. The van der Waals surface area contributed by atoms with Crippen LogP contribution >= 0.6 is 0 Å². The lowest BCUT2D eigenvalue weighted by Crippen LogP contribution is -2.22. The molecule has 144 valence electrons. The molecule has 5 heteroatoms. The molecule has 0 fully saturated rings. The normalized spacial score (nSPS) is 11.6. The van der Waals surface area contributed by atoms with Crippen molar-refractivity contribution < 1.29 is 14.1 Å². The second kappa shape index (κ2) is 8.44. The molecule has 1 N–H and O–H groups in total. The van der Waals surface area contributed by atoms with E-state index in [0.29, 0.717) is 17.0 Å². The third kappa shape index (κ3) is 4.04. The van der Waals surface area contributed by atoms with Crippen LogP contribution in [-0.4, -0.2) is 18.0 Å². The highest BCUT2D eigenvalue weighted by Gasteiger charge is 2.27. The van der Waals surface area contributed by atoms with Gasteiger partial charge in [-0.1, -0.05) is 71.9 Å². The second-order valence-corrected chi connectivity index (χ2v) is 6.53. The summed E-state index contributed by atoms with van der Waals surface area (Å²) in [6.45, 7) is 0. The molecule has 0 saturated heterocycles. The van der Waals surface area contributed by atoms with Crippen molar-refractivity contribution in [2.75, 3.05) is 12.4 Å². The van der Waals surface area contributed by atoms with Crippen LogP contribution in [0.25, 0.3) is 11.1 Å². The summed E-state index contributed by atoms with van der Waals surface area (Å²) in [7, 11) is 1.61. The van der Waals surface area contributed by atoms with E-state index < -0.39 is 6.04 Å². The van der Waals surface area contributed by atoms with Gasteiger partial charge in [-0.25, -0.2) is 0 Å². The first-order valence-electron chi connectivity index (χ1n) is 9.26. The highest BCUT2D eigenvalue weighted by atomic mass is 16.5. The zero-order chi connectivity index (χ0) is 20.1. The zero-order valence-corrected chi connectivity index (χ0v) is 15.9. The van der Waals surface area contributed by atoms with Crippen molar-refractivity contribution in [2.24, 2.45) is 0 Å². The summed E-state index contributed by atoms with van der Waals surface area (Å²) in [6.07, 6.45) is 1.51. The number of carbonyl (C=O) groups is 1. The highest BCUT2D eigenvalue weighted by molar-refractivity contribution is 6.05. The van der Waals surface area contributed by atoms with Crippen molar-refractivity contribution in [3.8, 4) is 16.9 Å². The van der Waals surface area contributed by atoms with Gasteiger partial charge in [-0.2, -0.15) is 0 Å². The Bertz CT molecular complexity index is 1090. The number of ketones is 1. The van der Waals surface area contributed by atoms with Crippen molar-refractivity contribution in [1.29, 1.82) is 0 Å². The first kappa shape index (κ1) is 18.5. The molecule has 29 heavy (non-hydrogen) atoms. The number of hydrogen-bond donors (Lipinski definition) is 1. The summed E-state index contributed by atoms with van der Waals surface area (Å²) in [6, 6.07) is 26.0. The van der Waals surface area contributed by atoms with Crippen molar-refractivity contribution in [3.05, 3.63) is 102 Å². The fraction of sp³-hybridized carbons (Fsp3) is 0.0833. The smallest absolute Gasteiger partial charge is 0.212 e. The molecular formula is C24H20N2O3. The Hall–Kier alpha value is -3.86. The minimum Gasteiger partial charge on any atom is -0.497 e. The van der Waals surface area contributed by atoms with Gasteiger partial charge in [0.2, 0.25) is 5.78 Å². The molecule has 5 nitrogen and oxygen atoms in total. The maximum atomic E-state index is 13.5. The molecule has 0 bridgehead atoms. The van der Waals surface area contributed by atoms with E-state index in [0.717, 1.165) is 16.8 Å². The van der Waals surface area contributed by atoms with Crippen LogP contribution in [0.5, 0.6) is 5.75 Å². The number of methoxy groups -OCH3 is 1. The first-order valence-corrected chi connectivity index (χ1v) is 9.26. The molecule has 0 radical (unpaired) electrons. The maximum Gasteiger partial charge on any atom is 0.212 e. The molecule has 0 aliphatic carbocycles. The molecule has 1 unspecified atom stereocenters. The van der Waals surface area contributed by atoms with E-state index in [1.807, 2.05) is 84.9 Å². The largest absolute Gasteiger partial charge is 0.497 e. The topological polar surface area (TPSA) is 64.4 Å². The van der Waals surface area contributed by atoms with Gasteiger partial charge in [0.15, 0.2) is 5.69 Å². The average molecular weight is 384 g/mol. The molecule has 4 aromatic rings. The summed E-state index contributed by atoms with van der Waals surface area (Å²) in [5, 5.41) is 7.35. The minimum absolute atomic E-state index is 0.174. The average Bonchev–Trinajstić information content (AvgIpc) is 3.28. The number of nitrogens with one attached hydrogen (secondary N) is 1. The molecule has 4 rings (SSSR count). The van der Waals surface area contributed by atoms with Crippen molar-refractivity contribution in [1.82, 2.24) is 5.16 Å². The Morgan fingerprint density at radius 3 is 2.41 bits per heavy atom. The number of benzene rings is 3. The lowest BCUT2D eigenvalue weighted by Gasteiger charge is -2.19. The molecule has 1 atom stereocenters. The number of rotatable bonds is 7. The third-order valence-electron chi connectivity index (χ3n) is 4.66. The summed E-state index contributed by atoms with van der Waals surface area (Å²) in [5.41, 5.74) is 3.45. The van der Waals surface area contributed by atoms with Crippen LogP contribution < -0.4 is 10.1 Å². The number of ether oxygens (including phenoxy) is 1. The van der Waals surface area contributed by atoms with Crippen molar-refractivity contribution >= 4 is 11.5 Å². The van der Waals surface area contributed by atoms with Crippen LogP contribution in [0.3, 0.4) is 0 Å². The fourth-order valence-electron chi connectivity index (χ4n) is 3.20. The van der Waals surface area contributed by atoms with Gasteiger partial charge in [0, 0.05) is 11.8 Å². The summed E-state index contributed by atoms with van der Waals surface area (Å²) in [4.78, 5) is 13.5. The fourth-order valence-corrected chi connectivity index (χ4v) is 3.20. The van der Waals surface area contributed by atoms with Crippen LogP contribution in [0.2, 0.25) is 0 Å². The molecule has 1 aromatic heterocycles. The van der Waals surface area contributed by atoms with Crippen LogP contribution in [0.1, 0.15) is 22.1 Å². The van der Waals surface area contributed by atoms with Gasteiger partial charge in [-0.15, -0.1) is 0 Å². The Morgan fingerprint density at radius 1 is 0.966 bits per heavy atom. The van der Waals surface area contributed by atoms with Crippen molar-refractivity contribution in [3.63, 3.8) is 0 Å². The van der Waals surface area contributed by atoms with Crippen LogP contribution in [-0.2, 0) is 0 Å². The summed E-state index contributed by atoms with van der Waals surface area (Å²) >= 11 is 0. The first-order chi connectivity index (χ1) is 14.3. The van der Waals surface area contributed by atoms with Gasteiger partial charge in [-0.3, -0.25) is 4.79 Å². The number of carbonyl (C=O) groups excluding carboxylic acids is 1. The number of nitrogens with zero attached hydrogens (tertiary/aromatic N) is 1. The predicted molar refractivity (Wildman–Crippen MR) is 112 cm³/mol.